The topological polar surface area (TPSA) is 102 Å². The number of nitrogens with one attached hydrogen (secondary N) is 1. The van der Waals surface area contributed by atoms with Crippen LogP contribution in [0.3, 0.4) is 0 Å². The molecule has 1 rings (SSSR count). The second-order valence-corrected chi connectivity index (χ2v) is 4.61. The first kappa shape index (κ1) is 17.4. The van der Waals surface area contributed by atoms with Crippen molar-refractivity contribution in [2.45, 2.75) is 0 Å². The molecule has 0 fully saturated rings. The van der Waals surface area contributed by atoms with E-state index in [1.54, 1.807) is 30.2 Å². The van der Waals surface area contributed by atoms with Crippen molar-refractivity contribution in [3.05, 3.63) is 42.0 Å². The first-order chi connectivity index (χ1) is 10.4. The molecule has 3 N–H and O–H groups in total. The molecular weight excluding hydrogens is 286 g/mol. The van der Waals surface area contributed by atoms with Crippen LogP contribution in [0.2, 0.25) is 0 Å². The molecule has 2 amide bonds. The van der Waals surface area contributed by atoms with Gasteiger partial charge in [0, 0.05) is 23.9 Å². The zero-order valence-corrected chi connectivity index (χ0v) is 12.5. The van der Waals surface area contributed by atoms with Crippen molar-refractivity contribution in [1.82, 2.24) is 4.90 Å². The van der Waals surface area contributed by atoms with Crippen LogP contribution < -0.4 is 11.1 Å². The van der Waals surface area contributed by atoms with Crippen molar-refractivity contribution in [1.29, 1.82) is 0 Å². The number of hydrogen-bond acceptors (Lipinski definition) is 5. The molecule has 0 saturated carbocycles. The lowest BCUT2D eigenvalue weighted by Crippen LogP contribution is -2.27. The smallest absolute Gasteiger partial charge is 0.319 e. The Kier molecular flexibility index (Phi) is 6.78. The minimum atomic E-state index is -0.522. The summed E-state index contributed by atoms with van der Waals surface area (Å²) in [5, 5.41) is 2.65. The maximum absolute atomic E-state index is 11.7. The van der Waals surface area contributed by atoms with Gasteiger partial charge in [0.2, 0.25) is 11.8 Å². The molecule has 0 heterocycles. The zero-order chi connectivity index (χ0) is 16.5. The van der Waals surface area contributed by atoms with Gasteiger partial charge in [0.1, 0.15) is 0 Å². The molecule has 0 aliphatic carbocycles. The molecule has 7 heteroatoms. The number of nitrogens with two attached hydrogens (primary N) is 1. The second-order valence-electron chi connectivity index (χ2n) is 4.61. The van der Waals surface area contributed by atoms with Crippen molar-refractivity contribution >= 4 is 23.5 Å². The predicted octanol–water partition coefficient (Wildman–Crippen LogP) is 0.385. The number of primary amides is 1. The van der Waals surface area contributed by atoms with Crippen LogP contribution in [0, 0.1) is 0 Å². The lowest BCUT2D eigenvalue weighted by molar-refractivity contribution is -0.141. The van der Waals surface area contributed by atoms with Gasteiger partial charge in [-0.05, 0) is 31.3 Å². The Balaban J connectivity index is 2.43. The second kappa shape index (κ2) is 8.58. The number of carbonyl (C=O) groups excluding carboxylic acids is 3. The molecule has 0 spiro atoms. The molecule has 0 aliphatic heterocycles. The average Bonchev–Trinajstić information content (AvgIpc) is 2.47. The van der Waals surface area contributed by atoms with E-state index in [2.05, 4.69) is 10.1 Å². The Morgan fingerprint density at radius 3 is 2.45 bits per heavy atom. The highest BCUT2D eigenvalue weighted by molar-refractivity contribution is 6.00. The van der Waals surface area contributed by atoms with Crippen molar-refractivity contribution < 1.29 is 19.1 Å². The summed E-state index contributed by atoms with van der Waals surface area (Å²) >= 11 is 0. The molecule has 1 aromatic carbocycles. The number of benzene rings is 1. The number of rotatable bonds is 7. The Morgan fingerprint density at radius 1 is 1.27 bits per heavy atom. The first-order valence-electron chi connectivity index (χ1n) is 6.55. The van der Waals surface area contributed by atoms with E-state index < -0.39 is 5.91 Å². The molecule has 0 aliphatic rings. The summed E-state index contributed by atoms with van der Waals surface area (Å²) in [4.78, 5) is 35.4. The van der Waals surface area contributed by atoms with Gasteiger partial charge >= 0.3 is 5.97 Å². The third-order valence-electron chi connectivity index (χ3n) is 2.75. The van der Waals surface area contributed by atoms with Crippen LogP contribution in [-0.2, 0) is 14.3 Å². The van der Waals surface area contributed by atoms with Crippen molar-refractivity contribution in [3.8, 4) is 0 Å². The van der Waals surface area contributed by atoms with E-state index in [1.165, 1.54) is 25.3 Å². The summed E-state index contributed by atoms with van der Waals surface area (Å²) in [5.41, 5.74) is 6.06. The average molecular weight is 305 g/mol. The Labute approximate surface area is 128 Å². The van der Waals surface area contributed by atoms with Gasteiger partial charge in [-0.25, -0.2) is 0 Å². The van der Waals surface area contributed by atoms with Crippen LogP contribution in [0.4, 0.5) is 5.69 Å². The Bertz CT molecular complexity index is 567. The molecule has 0 atom stereocenters. The highest BCUT2D eigenvalue weighted by Gasteiger charge is 2.04. The molecule has 1 aromatic rings. The number of esters is 1. The molecule has 7 nitrogen and oxygen atoms in total. The summed E-state index contributed by atoms with van der Waals surface area (Å²) in [6.45, 7) is 0.584. The van der Waals surface area contributed by atoms with E-state index in [0.29, 0.717) is 17.8 Å². The van der Waals surface area contributed by atoms with Crippen LogP contribution in [-0.4, -0.2) is 49.9 Å². The maximum atomic E-state index is 11.7. The highest BCUT2D eigenvalue weighted by Crippen LogP contribution is 2.09. The number of ether oxygens (including phenoxy) is 1. The fourth-order valence-electron chi connectivity index (χ4n) is 1.59. The standard InChI is InChI=1S/C15H19N3O4/c1-18(10-14(20)22-2)9-3-4-13(19)17-12-7-5-11(6-8-12)15(16)21/h3-8H,9-10H2,1-2H3,(H2,16,21)(H,17,19)/b4-3+. The number of amides is 2. The Morgan fingerprint density at radius 2 is 1.91 bits per heavy atom. The molecule has 0 unspecified atom stereocenters. The van der Waals surface area contributed by atoms with E-state index in [9.17, 15) is 14.4 Å². The van der Waals surface area contributed by atoms with E-state index in [1.807, 2.05) is 0 Å². The molecule has 118 valence electrons. The lowest BCUT2D eigenvalue weighted by Gasteiger charge is -2.11. The summed E-state index contributed by atoms with van der Waals surface area (Å²) in [5.74, 6) is -1.17. The van der Waals surface area contributed by atoms with E-state index in [-0.39, 0.29) is 18.4 Å². The van der Waals surface area contributed by atoms with Gasteiger partial charge in [-0.3, -0.25) is 19.3 Å². The Hall–Kier alpha value is -2.67. The van der Waals surface area contributed by atoms with Crippen LogP contribution in [0.5, 0.6) is 0 Å². The van der Waals surface area contributed by atoms with Gasteiger partial charge in [0.05, 0.1) is 13.7 Å². The van der Waals surface area contributed by atoms with Crippen LogP contribution >= 0.6 is 0 Å². The number of carbonyl (C=O) groups is 3. The molecule has 0 saturated heterocycles. The number of methoxy groups -OCH3 is 1. The quantitative estimate of drug-likeness (QED) is 0.560. The minimum Gasteiger partial charge on any atom is -0.468 e. The van der Waals surface area contributed by atoms with Crippen LogP contribution in [0.25, 0.3) is 0 Å². The number of likely N-dealkylation sites (N-methyl/N-ethyl adjacent to an activating group) is 1. The van der Waals surface area contributed by atoms with Crippen LogP contribution in [0.15, 0.2) is 36.4 Å². The largest absolute Gasteiger partial charge is 0.468 e. The summed E-state index contributed by atoms with van der Waals surface area (Å²) < 4.78 is 4.54. The van der Waals surface area contributed by atoms with Gasteiger partial charge in [-0.2, -0.15) is 0 Å². The number of nitrogens with zero attached hydrogens (tertiary/aromatic N) is 1. The summed E-state index contributed by atoms with van der Waals surface area (Å²) in [6, 6.07) is 6.25. The number of hydrogen-bond donors (Lipinski definition) is 2. The van der Waals surface area contributed by atoms with E-state index >= 15 is 0 Å². The molecular formula is C15H19N3O4. The molecule has 22 heavy (non-hydrogen) atoms. The fourth-order valence-corrected chi connectivity index (χ4v) is 1.59. The van der Waals surface area contributed by atoms with Gasteiger partial charge in [-0.1, -0.05) is 6.08 Å². The normalized spacial score (nSPS) is 10.7. The SMILES string of the molecule is COC(=O)CN(C)C/C=C/C(=O)Nc1ccc(C(N)=O)cc1. The molecule has 0 aromatic heterocycles. The molecule has 0 bridgehead atoms. The predicted molar refractivity (Wildman–Crippen MR) is 82.2 cm³/mol. The third kappa shape index (κ3) is 6.19. The number of anilines is 1. The van der Waals surface area contributed by atoms with E-state index in [0.717, 1.165) is 0 Å². The summed E-state index contributed by atoms with van der Waals surface area (Å²) in [7, 11) is 3.06. The van der Waals surface area contributed by atoms with Crippen molar-refractivity contribution in [2.24, 2.45) is 5.73 Å². The van der Waals surface area contributed by atoms with Gasteiger partial charge in [0.25, 0.3) is 0 Å². The van der Waals surface area contributed by atoms with Gasteiger partial charge < -0.3 is 15.8 Å². The summed E-state index contributed by atoms with van der Waals surface area (Å²) in [6.07, 6.45) is 3.01. The third-order valence-corrected chi connectivity index (χ3v) is 2.75. The fraction of sp³-hybridized carbons (Fsp3) is 0.267. The first-order valence-corrected chi connectivity index (χ1v) is 6.55. The highest BCUT2D eigenvalue weighted by atomic mass is 16.5. The zero-order valence-electron chi connectivity index (χ0n) is 12.5. The van der Waals surface area contributed by atoms with E-state index in [4.69, 9.17) is 5.73 Å². The molecule has 0 radical (unpaired) electrons. The van der Waals surface area contributed by atoms with Crippen molar-refractivity contribution in [2.75, 3.05) is 32.6 Å². The van der Waals surface area contributed by atoms with Gasteiger partial charge in [0.15, 0.2) is 0 Å². The lowest BCUT2D eigenvalue weighted by atomic mass is 10.2. The minimum absolute atomic E-state index is 0.150. The van der Waals surface area contributed by atoms with Gasteiger partial charge in [-0.15, -0.1) is 0 Å². The monoisotopic (exact) mass is 305 g/mol. The van der Waals surface area contributed by atoms with Crippen LogP contribution in [0.1, 0.15) is 10.4 Å². The van der Waals surface area contributed by atoms with Crippen molar-refractivity contribution in [3.63, 3.8) is 0 Å². The maximum Gasteiger partial charge on any atom is 0.319 e.